The number of aromatic nitrogens is 1. The summed E-state index contributed by atoms with van der Waals surface area (Å²) in [4.78, 5) is 16.4. The highest BCUT2D eigenvalue weighted by Crippen LogP contribution is 2.26. The Labute approximate surface area is 139 Å². The summed E-state index contributed by atoms with van der Waals surface area (Å²) in [6.07, 6.45) is 4.99. The lowest BCUT2D eigenvalue weighted by atomic mass is 10.2. The number of nitrogens with two attached hydrogens (primary N) is 1. The van der Waals surface area contributed by atoms with E-state index in [-0.39, 0.29) is 5.91 Å². The lowest BCUT2D eigenvalue weighted by Crippen LogP contribution is -2.24. The lowest BCUT2D eigenvalue weighted by Gasteiger charge is -2.16. The van der Waals surface area contributed by atoms with Crippen molar-refractivity contribution in [1.82, 2.24) is 10.3 Å². The number of thiazole rings is 1. The van der Waals surface area contributed by atoms with Crippen LogP contribution in [0.25, 0.3) is 0 Å². The second kappa shape index (κ2) is 7.57. The highest BCUT2D eigenvalue weighted by atomic mass is 32.1. The number of hydrogen-bond donors (Lipinski definition) is 2. The number of hydrogen-bond acceptors (Lipinski definition) is 5. The molecule has 1 aliphatic carbocycles. The Kier molecular flexibility index (Phi) is 5.25. The van der Waals surface area contributed by atoms with Gasteiger partial charge in [-0.2, -0.15) is 0 Å². The summed E-state index contributed by atoms with van der Waals surface area (Å²) in [6.45, 7) is 0.785. The van der Waals surface area contributed by atoms with Crippen LogP contribution in [0.2, 0.25) is 0 Å². The number of rotatable bonds is 6. The molecule has 0 radical (unpaired) electrons. The van der Waals surface area contributed by atoms with Crippen LogP contribution in [0.4, 0.5) is 0 Å². The molecule has 3 rings (SSSR count). The second-order valence-electron chi connectivity index (χ2n) is 5.65. The van der Waals surface area contributed by atoms with E-state index in [0.717, 1.165) is 29.2 Å². The Morgan fingerprint density at radius 2 is 2.13 bits per heavy atom. The van der Waals surface area contributed by atoms with Crippen LogP contribution in [0.15, 0.2) is 29.6 Å². The van der Waals surface area contributed by atoms with Gasteiger partial charge in [0, 0.05) is 24.0 Å². The molecule has 0 spiro atoms. The zero-order chi connectivity index (χ0) is 16.1. The smallest absolute Gasteiger partial charge is 0.271 e. The Hall–Kier alpha value is -1.92. The third-order valence-electron chi connectivity index (χ3n) is 3.97. The molecule has 2 aromatic rings. The molecule has 3 N–H and O–H groups in total. The normalized spacial score (nSPS) is 14.8. The standard InChI is InChI=1S/C17H21N3O2S/c18-9-16-20-14(11-23-16)17(21)19-10-12-5-1-4-8-15(12)22-13-6-2-3-7-13/h1,4-5,8,11,13H,2-3,6-7,9-10,18H2,(H,19,21). The third-order valence-corrected chi connectivity index (χ3v) is 4.84. The average Bonchev–Trinajstić information content (AvgIpc) is 3.25. The van der Waals surface area contributed by atoms with Crippen LogP contribution in [-0.4, -0.2) is 17.0 Å². The maximum Gasteiger partial charge on any atom is 0.271 e. The first-order valence-electron chi connectivity index (χ1n) is 7.93. The van der Waals surface area contributed by atoms with E-state index < -0.39 is 0 Å². The number of para-hydroxylation sites is 1. The number of amides is 1. The Balaban J connectivity index is 1.62. The van der Waals surface area contributed by atoms with Crippen molar-refractivity contribution in [3.05, 3.63) is 45.9 Å². The van der Waals surface area contributed by atoms with E-state index >= 15 is 0 Å². The highest BCUT2D eigenvalue weighted by molar-refractivity contribution is 7.09. The molecule has 0 saturated heterocycles. The van der Waals surface area contributed by atoms with Crippen LogP contribution in [0.5, 0.6) is 5.75 Å². The zero-order valence-corrected chi connectivity index (χ0v) is 13.8. The molecule has 0 atom stereocenters. The fraction of sp³-hybridized carbons (Fsp3) is 0.412. The minimum absolute atomic E-state index is 0.184. The van der Waals surface area contributed by atoms with Gasteiger partial charge in [0.15, 0.2) is 0 Å². The largest absolute Gasteiger partial charge is 0.490 e. The molecule has 0 aliphatic heterocycles. The maximum atomic E-state index is 12.2. The van der Waals surface area contributed by atoms with Crippen molar-refractivity contribution in [2.24, 2.45) is 5.73 Å². The van der Waals surface area contributed by atoms with Gasteiger partial charge in [-0.15, -0.1) is 11.3 Å². The number of carbonyl (C=O) groups excluding carboxylic acids is 1. The molecule has 23 heavy (non-hydrogen) atoms. The summed E-state index contributed by atoms with van der Waals surface area (Å²) in [5, 5.41) is 5.40. The van der Waals surface area contributed by atoms with Gasteiger partial charge in [0.25, 0.3) is 5.91 Å². The van der Waals surface area contributed by atoms with Crippen molar-refractivity contribution in [3.8, 4) is 5.75 Å². The van der Waals surface area contributed by atoms with E-state index in [1.165, 1.54) is 24.2 Å². The molecule has 1 aliphatic rings. The first kappa shape index (κ1) is 16.0. The van der Waals surface area contributed by atoms with Gasteiger partial charge in [-0.1, -0.05) is 18.2 Å². The van der Waals surface area contributed by atoms with Gasteiger partial charge in [-0.05, 0) is 31.7 Å². The predicted octanol–water partition coefficient (Wildman–Crippen LogP) is 2.85. The van der Waals surface area contributed by atoms with Crippen molar-refractivity contribution in [2.45, 2.75) is 44.9 Å². The van der Waals surface area contributed by atoms with Gasteiger partial charge in [-0.3, -0.25) is 4.79 Å². The van der Waals surface area contributed by atoms with E-state index in [0.29, 0.717) is 24.9 Å². The number of nitrogens with one attached hydrogen (secondary N) is 1. The summed E-state index contributed by atoms with van der Waals surface area (Å²) in [5.41, 5.74) is 6.93. The summed E-state index contributed by atoms with van der Waals surface area (Å²) in [7, 11) is 0. The van der Waals surface area contributed by atoms with Crippen LogP contribution in [0.3, 0.4) is 0 Å². The van der Waals surface area contributed by atoms with Crippen LogP contribution in [-0.2, 0) is 13.1 Å². The molecule has 0 bridgehead atoms. The van der Waals surface area contributed by atoms with Crippen molar-refractivity contribution in [2.75, 3.05) is 0 Å². The molecule has 1 fully saturated rings. The molecule has 1 amide bonds. The summed E-state index contributed by atoms with van der Waals surface area (Å²) in [5.74, 6) is 0.678. The minimum atomic E-state index is -0.184. The van der Waals surface area contributed by atoms with E-state index in [9.17, 15) is 4.79 Å². The number of carbonyl (C=O) groups is 1. The Morgan fingerprint density at radius 1 is 1.35 bits per heavy atom. The van der Waals surface area contributed by atoms with Crippen LogP contribution >= 0.6 is 11.3 Å². The lowest BCUT2D eigenvalue weighted by molar-refractivity contribution is 0.0946. The van der Waals surface area contributed by atoms with E-state index in [1.807, 2.05) is 24.3 Å². The predicted molar refractivity (Wildman–Crippen MR) is 90.5 cm³/mol. The van der Waals surface area contributed by atoms with E-state index in [4.69, 9.17) is 10.5 Å². The number of benzene rings is 1. The fourth-order valence-corrected chi connectivity index (χ4v) is 3.38. The summed E-state index contributed by atoms with van der Waals surface area (Å²) >= 11 is 1.40. The summed E-state index contributed by atoms with van der Waals surface area (Å²) in [6, 6.07) is 7.87. The average molecular weight is 331 g/mol. The molecular formula is C17H21N3O2S. The van der Waals surface area contributed by atoms with Crippen molar-refractivity contribution in [3.63, 3.8) is 0 Å². The topological polar surface area (TPSA) is 77.2 Å². The third kappa shape index (κ3) is 4.09. The Morgan fingerprint density at radius 3 is 2.87 bits per heavy atom. The van der Waals surface area contributed by atoms with Gasteiger partial charge in [0.05, 0.1) is 6.10 Å². The van der Waals surface area contributed by atoms with E-state index in [2.05, 4.69) is 10.3 Å². The molecule has 0 unspecified atom stereocenters. The first-order chi connectivity index (χ1) is 11.3. The number of nitrogens with zero attached hydrogens (tertiary/aromatic N) is 1. The molecule has 1 saturated carbocycles. The van der Waals surface area contributed by atoms with Crippen molar-refractivity contribution in [1.29, 1.82) is 0 Å². The molecule has 1 aromatic heterocycles. The quantitative estimate of drug-likeness (QED) is 0.853. The molecular weight excluding hydrogens is 310 g/mol. The number of ether oxygens (including phenoxy) is 1. The first-order valence-corrected chi connectivity index (χ1v) is 8.81. The maximum absolute atomic E-state index is 12.2. The highest BCUT2D eigenvalue weighted by Gasteiger charge is 2.18. The van der Waals surface area contributed by atoms with Crippen molar-refractivity contribution < 1.29 is 9.53 Å². The fourth-order valence-electron chi connectivity index (χ4n) is 2.73. The van der Waals surface area contributed by atoms with Gasteiger partial charge < -0.3 is 15.8 Å². The SMILES string of the molecule is NCc1nc(C(=O)NCc2ccccc2OC2CCCC2)cs1. The minimum Gasteiger partial charge on any atom is -0.490 e. The van der Waals surface area contributed by atoms with Crippen LogP contribution in [0, 0.1) is 0 Å². The molecule has 5 nitrogen and oxygen atoms in total. The van der Waals surface area contributed by atoms with Gasteiger partial charge >= 0.3 is 0 Å². The zero-order valence-electron chi connectivity index (χ0n) is 13.0. The molecule has 1 aromatic carbocycles. The van der Waals surface area contributed by atoms with Crippen LogP contribution < -0.4 is 15.8 Å². The monoisotopic (exact) mass is 331 g/mol. The van der Waals surface area contributed by atoms with Gasteiger partial charge in [0.1, 0.15) is 16.5 Å². The summed E-state index contributed by atoms with van der Waals surface area (Å²) < 4.78 is 6.08. The van der Waals surface area contributed by atoms with Crippen LogP contribution in [0.1, 0.15) is 46.7 Å². The van der Waals surface area contributed by atoms with Gasteiger partial charge in [-0.25, -0.2) is 4.98 Å². The molecule has 6 heteroatoms. The molecule has 122 valence electrons. The van der Waals surface area contributed by atoms with Crippen molar-refractivity contribution >= 4 is 17.2 Å². The Bertz CT molecular complexity index is 665. The van der Waals surface area contributed by atoms with Gasteiger partial charge in [0.2, 0.25) is 0 Å². The molecule has 1 heterocycles. The second-order valence-corrected chi connectivity index (χ2v) is 6.59. The van der Waals surface area contributed by atoms with E-state index in [1.54, 1.807) is 5.38 Å².